The van der Waals surface area contributed by atoms with Gasteiger partial charge in [0, 0.05) is 0 Å². The van der Waals surface area contributed by atoms with Gasteiger partial charge in [0.15, 0.2) is 0 Å². The Morgan fingerprint density at radius 3 is 2.14 bits per heavy atom. The Bertz CT molecular complexity index is 77.8. The van der Waals surface area contributed by atoms with Crippen LogP contribution in [0.5, 0.6) is 0 Å². The Morgan fingerprint density at radius 1 is 1.43 bits per heavy atom. The van der Waals surface area contributed by atoms with E-state index in [0.717, 1.165) is 6.08 Å². The predicted molar refractivity (Wildman–Crippen MR) is 21.2 cm³/mol. The summed E-state index contributed by atoms with van der Waals surface area (Å²) >= 11 is 0. The average Bonchev–Trinajstić information content (AvgIpc) is 1.61. The monoisotopic (exact) mass is 106 g/mol. The molecule has 0 fully saturated rings. The van der Waals surface area contributed by atoms with Gasteiger partial charge in [0.05, 0.1) is 0 Å². The van der Waals surface area contributed by atoms with Crippen LogP contribution in [0.2, 0.25) is 0 Å². The van der Waals surface area contributed by atoms with Crippen LogP contribution < -0.4 is 0 Å². The van der Waals surface area contributed by atoms with Crippen LogP contribution in [0.1, 0.15) is 0 Å². The zero-order chi connectivity index (χ0) is 5.70. The second-order valence-corrected chi connectivity index (χ2v) is 0.855. The Balaban J connectivity index is 3.25. The molecule has 40 valence electrons. The van der Waals surface area contributed by atoms with Crippen molar-refractivity contribution in [3.05, 3.63) is 12.2 Å². The number of rotatable bonds is 2. The van der Waals surface area contributed by atoms with Crippen molar-refractivity contribution in [1.82, 2.24) is 0 Å². The van der Waals surface area contributed by atoms with Crippen molar-refractivity contribution >= 4 is 6.29 Å². The Morgan fingerprint density at radius 2 is 2.00 bits per heavy atom. The molecule has 0 bridgehead atoms. The molecule has 0 rings (SSSR count). The van der Waals surface area contributed by atoms with Gasteiger partial charge in [-0.3, -0.25) is 4.79 Å². The van der Waals surface area contributed by atoms with Crippen molar-refractivity contribution in [3.63, 3.8) is 0 Å². The predicted octanol–water partition coefficient (Wildman–Crippen LogP) is 1.01. The molecule has 7 heavy (non-hydrogen) atoms. The van der Waals surface area contributed by atoms with Crippen LogP contribution in [0.25, 0.3) is 0 Å². The molecule has 0 unspecified atom stereocenters. The van der Waals surface area contributed by atoms with Crippen molar-refractivity contribution in [3.8, 4) is 0 Å². The third-order valence-corrected chi connectivity index (χ3v) is 0.335. The third kappa shape index (κ3) is 5.27. The lowest BCUT2D eigenvalue weighted by Gasteiger charge is -1.78. The van der Waals surface area contributed by atoms with Crippen LogP contribution in [0.3, 0.4) is 0 Å². The Labute approximate surface area is 39.6 Å². The smallest absolute Gasteiger partial charge is 0.257 e. The Hall–Kier alpha value is -0.730. The summed E-state index contributed by atoms with van der Waals surface area (Å²) < 4.78 is 22.0. The molecule has 0 atom stereocenters. The van der Waals surface area contributed by atoms with Gasteiger partial charge in [-0.05, 0) is 12.2 Å². The molecular formula is C4H4F2O. The van der Waals surface area contributed by atoms with Gasteiger partial charge in [-0.1, -0.05) is 0 Å². The normalized spacial score (nSPS) is 10.7. The van der Waals surface area contributed by atoms with Crippen molar-refractivity contribution in [2.24, 2.45) is 0 Å². The van der Waals surface area contributed by atoms with Gasteiger partial charge < -0.3 is 0 Å². The van der Waals surface area contributed by atoms with E-state index in [1.807, 2.05) is 0 Å². The molecule has 0 aromatic carbocycles. The van der Waals surface area contributed by atoms with Crippen molar-refractivity contribution in [2.75, 3.05) is 0 Å². The topological polar surface area (TPSA) is 17.1 Å². The van der Waals surface area contributed by atoms with E-state index < -0.39 is 6.43 Å². The molecule has 0 amide bonds. The van der Waals surface area contributed by atoms with Crippen molar-refractivity contribution in [1.29, 1.82) is 0 Å². The largest absolute Gasteiger partial charge is 0.299 e. The highest BCUT2D eigenvalue weighted by Gasteiger charge is 1.89. The zero-order valence-corrected chi connectivity index (χ0v) is 3.47. The number of carbonyl (C=O) groups is 1. The molecule has 0 aliphatic carbocycles. The van der Waals surface area contributed by atoms with Crippen LogP contribution in [0, 0.1) is 0 Å². The van der Waals surface area contributed by atoms with E-state index >= 15 is 0 Å². The molecule has 0 aliphatic heterocycles. The van der Waals surface area contributed by atoms with Gasteiger partial charge in [0.1, 0.15) is 6.29 Å². The molecule has 1 nitrogen and oxygen atoms in total. The summed E-state index contributed by atoms with van der Waals surface area (Å²) in [6.07, 6.45) is -0.908. The number of hydrogen-bond acceptors (Lipinski definition) is 1. The number of aldehydes is 1. The maximum absolute atomic E-state index is 11.0. The van der Waals surface area contributed by atoms with Crippen molar-refractivity contribution < 1.29 is 13.6 Å². The maximum atomic E-state index is 11.0. The highest BCUT2D eigenvalue weighted by molar-refractivity contribution is 5.64. The molecule has 0 aliphatic rings. The number of carbonyl (C=O) groups excluding carboxylic acids is 1. The lowest BCUT2D eigenvalue weighted by atomic mass is 10.5. The molecule has 0 radical (unpaired) electrons. The summed E-state index contributed by atoms with van der Waals surface area (Å²) in [5.74, 6) is 0. The fraction of sp³-hybridized carbons (Fsp3) is 0.250. The molecule has 0 spiro atoms. The van der Waals surface area contributed by atoms with Gasteiger partial charge >= 0.3 is 0 Å². The number of allylic oxidation sites excluding steroid dienone is 2. The number of halogens is 2. The van der Waals surface area contributed by atoms with E-state index in [1.54, 1.807) is 0 Å². The summed E-state index contributed by atoms with van der Waals surface area (Å²) in [5.41, 5.74) is 0. The van der Waals surface area contributed by atoms with Crippen LogP contribution >= 0.6 is 0 Å². The zero-order valence-electron chi connectivity index (χ0n) is 3.47. The minimum atomic E-state index is -2.51. The highest BCUT2D eigenvalue weighted by Crippen LogP contribution is 1.90. The summed E-state index contributed by atoms with van der Waals surface area (Å²) in [7, 11) is 0. The molecule has 0 N–H and O–H groups in total. The minimum Gasteiger partial charge on any atom is -0.299 e. The molecule has 0 heterocycles. The van der Waals surface area contributed by atoms with Gasteiger partial charge in [0.25, 0.3) is 6.43 Å². The highest BCUT2D eigenvalue weighted by atomic mass is 19.3. The lowest BCUT2D eigenvalue weighted by molar-refractivity contribution is -0.104. The van der Waals surface area contributed by atoms with E-state index in [0.29, 0.717) is 12.4 Å². The van der Waals surface area contributed by atoms with E-state index in [1.165, 1.54) is 0 Å². The van der Waals surface area contributed by atoms with Gasteiger partial charge in [0.2, 0.25) is 0 Å². The first-order chi connectivity index (χ1) is 3.27. The fourth-order valence-corrected chi connectivity index (χ4v) is 0.129. The van der Waals surface area contributed by atoms with Crippen LogP contribution in [-0.4, -0.2) is 12.7 Å². The second-order valence-electron chi connectivity index (χ2n) is 0.855. The quantitative estimate of drug-likeness (QED) is 0.379. The molecule has 0 aromatic rings. The summed E-state index contributed by atoms with van der Waals surface area (Å²) in [6, 6.07) is 0. The maximum Gasteiger partial charge on any atom is 0.257 e. The lowest BCUT2D eigenvalue weighted by Crippen LogP contribution is -1.78. The molecular weight excluding hydrogens is 102 g/mol. The van der Waals surface area contributed by atoms with E-state index in [2.05, 4.69) is 0 Å². The summed E-state index contributed by atoms with van der Waals surface area (Å²) in [4.78, 5) is 9.29. The van der Waals surface area contributed by atoms with E-state index in [9.17, 15) is 13.6 Å². The first-order valence-electron chi connectivity index (χ1n) is 1.67. The van der Waals surface area contributed by atoms with Gasteiger partial charge in [-0.25, -0.2) is 8.78 Å². The third-order valence-electron chi connectivity index (χ3n) is 0.335. The number of hydrogen-bond donors (Lipinski definition) is 0. The summed E-state index contributed by atoms with van der Waals surface area (Å²) in [5, 5.41) is 0. The standard InChI is InChI=1S/C4H4F2O/c5-4(6)2-1-3-7/h1-4H/b2-1-. The molecule has 0 saturated heterocycles. The van der Waals surface area contributed by atoms with Crippen LogP contribution in [0.4, 0.5) is 8.78 Å². The van der Waals surface area contributed by atoms with Gasteiger partial charge in [-0.15, -0.1) is 0 Å². The first-order valence-corrected chi connectivity index (χ1v) is 1.67. The summed E-state index contributed by atoms with van der Waals surface area (Å²) in [6.45, 7) is 0. The van der Waals surface area contributed by atoms with Gasteiger partial charge in [-0.2, -0.15) is 0 Å². The molecule has 3 heteroatoms. The SMILES string of the molecule is O=C/C=C\C(F)F. The first kappa shape index (κ1) is 6.27. The number of alkyl halides is 2. The fourth-order valence-electron chi connectivity index (χ4n) is 0.129. The molecule has 0 aromatic heterocycles. The minimum absolute atomic E-state index is 0.312. The average molecular weight is 106 g/mol. The van der Waals surface area contributed by atoms with E-state index in [-0.39, 0.29) is 0 Å². The Kier molecular flexibility index (Phi) is 3.10. The van der Waals surface area contributed by atoms with Crippen LogP contribution in [0.15, 0.2) is 12.2 Å². The van der Waals surface area contributed by atoms with Crippen LogP contribution in [-0.2, 0) is 4.79 Å². The van der Waals surface area contributed by atoms with E-state index in [4.69, 9.17) is 0 Å². The molecule has 0 saturated carbocycles. The second kappa shape index (κ2) is 3.46. The van der Waals surface area contributed by atoms with Crippen molar-refractivity contribution in [2.45, 2.75) is 6.43 Å².